The van der Waals surface area contributed by atoms with Gasteiger partial charge in [-0.05, 0) is 25.7 Å². The summed E-state index contributed by atoms with van der Waals surface area (Å²) in [4.78, 5) is 19.6. The Morgan fingerprint density at radius 3 is 2.56 bits per heavy atom. The Bertz CT molecular complexity index is 747. The number of hydrogen-bond donors (Lipinski definition) is 0. The molecule has 0 spiro atoms. The van der Waals surface area contributed by atoms with Crippen LogP contribution >= 0.6 is 0 Å². The molecule has 4 rings (SSSR count). The van der Waals surface area contributed by atoms with Gasteiger partial charge in [0.05, 0.1) is 0 Å². The smallest absolute Gasteiger partial charge is 0.226 e. The van der Waals surface area contributed by atoms with Crippen LogP contribution in [0.2, 0.25) is 0 Å². The van der Waals surface area contributed by atoms with Crippen molar-refractivity contribution in [1.29, 1.82) is 0 Å². The van der Waals surface area contributed by atoms with Gasteiger partial charge in [-0.2, -0.15) is 0 Å². The molecule has 2 heterocycles. The number of carbonyl (C=O) groups is 1. The van der Waals surface area contributed by atoms with Crippen LogP contribution in [-0.4, -0.2) is 22.3 Å². The molecular formula is C21H26N2O2. The number of amides is 1. The Morgan fingerprint density at radius 1 is 1.16 bits per heavy atom. The van der Waals surface area contributed by atoms with Gasteiger partial charge in [0.1, 0.15) is 17.5 Å². The van der Waals surface area contributed by atoms with Gasteiger partial charge in [-0.25, -0.2) is 4.98 Å². The Kier molecular flexibility index (Phi) is 4.36. The van der Waals surface area contributed by atoms with Crippen LogP contribution in [-0.2, 0) is 4.79 Å². The van der Waals surface area contributed by atoms with Crippen molar-refractivity contribution in [2.75, 3.05) is 6.54 Å². The summed E-state index contributed by atoms with van der Waals surface area (Å²) in [6, 6.07) is 10.2. The molecule has 0 unspecified atom stereocenters. The van der Waals surface area contributed by atoms with Gasteiger partial charge in [-0.3, -0.25) is 4.79 Å². The summed E-state index contributed by atoms with van der Waals surface area (Å²) in [6.45, 7) is 5.09. The number of carbonyl (C=O) groups excluding carboxylic acids is 1. The number of aromatic nitrogens is 1. The quantitative estimate of drug-likeness (QED) is 0.794. The Hall–Kier alpha value is -2.10. The van der Waals surface area contributed by atoms with Gasteiger partial charge in [0, 0.05) is 23.9 Å². The lowest BCUT2D eigenvalue weighted by Gasteiger charge is -2.31. The van der Waals surface area contributed by atoms with Gasteiger partial charge >= 0.3 is 0 Å². The molecule has 4 nitrogen and oxygen atoms in total. The van der Waals surface area contributed by atoms with E-state index in [1.54, 1.807) is 0 Å². The summed E-state index contributed by atoms with van der Waals surface area (Å²) in [5.74, 6) is 2.43. The molecule has 2 aromatic rings. The first-order valence-electron chi connectivity index (χ1n) is 9.51. The molecule has 4 heteroatoms. The van der Waals surface area contributed by atoms with Crippen molar-refractivity contribution >= 4 is 5.91 Å². The van der Waals surface area contributed by atoms with Crippen LogP contribution in [0.3, 0.4) is 0 Å². The lowest BCUT2D eigenvalue weighted by molar-refractivity contribution is -0.139. The molecule has 0 bridgehead atoms. The van der Waals surface area contributed by atoms with Crippen molar-refractivity contribution in [3.63, 3.8) is 0 Å². The number of benzene rings is 1. The summed E-state index contributed by atoms with van der Waals surface area (Å²) in [6.07, 6.45) is 5.25. The number of oxazole rings is 1. The van der Waals surface area contributed by atoms with E-state index in [9.17, 15) is 4.79 Å². The minimum atomic E-state index is 0.00284. The highest BCUT2D eigenvalue weighted by molar-refractivity contribution is 5.80. The molecule has 2 aliphatic rings. The highest BCUT2D eigenvalue weighted by atomic mass is 16.4. The largest absolute Gasteiger partial charge is 0.442 e. The predicted octanol–water partition coefficient (Wildman–Crippen LogP) is 4.93. The Labute approximate surface area is 149 Å². The molecule has 1 aromatic heterocycles. The maximum absolute atomic E-state index is 12.8. The van der Waals surface area contributed by atoms with E-state index < -0.39 is 0 Å². The van der Waals surface area contributed by atoms with Gasteiger partial charge in [0.25, 0.3) is 0 Å². The van der Waals surface area contributed by atoms with Crippen molar-refractivity contribution in [1.82, 2.24) is 9.88 Å². The zero-order valence-electron chi connectivity index (χ0n) is 15.1. The first-order chi connectivity index (χ1) is 12.1. The second kappa shape index (κ2) is 6.66. The van der Waals surface area contributed by atoms with E-state index in [-0.39, 0.29) is 17.9 Å². The molecule has 132 valence electrons. The first-order valence-corrected chi connectivity index (χ1v) is 9.51. The van der Waals surface area contributed by atoms with Crippen LogP contribution in [0.15, 0.2) is 34.7 Å². The van der Waals surface area contributed by atoms with Crippen LogP contribution in [0.25, 0.3) is 11.3 Å². The molecule has 1 amide bonds. The third-order valence-electron chi connectivity index (χ3n) is 5.52. The van der Waals surface area contributed by atoms with Gasteiger partial charge in [0.2, 0.25) is 11.8 Å². The fourth-order valence-corrected chi connectivity index (χ4v) is 3.86. The van der Waals surface area contributed by atoms with Crippen molar-refractivity contribution in [2.24, 2.45) is 5.92 Å². The molecule has 1 aliphatic heterocycles. The predicted molar refractivity (Wildman–Crippen MR) is 97.1 cm³/mol. The van der Waals surface area contributed by atoms with Crippen LogP contribution < -0.4 is 0 Å². The normalized spacial score (nSPS) is 20.9. The Balaban J connectivity index is 1.67. The number of hydrogen-bond acceptors (Lipinski definition) is 3. The van der Waals surface area contributed by atoms with Gasteiger partial charge in [-0.15, -0.1) is 0 Å². The first kappa shape index (κ1) is 16.4. The van der Waals surface area contributed by atoms with Crippen LogP contribution in [0.4, 0.5) is 0 Å². The number of rotatable bonds is 4. The van der Waals surface area contributed by atoms with Gasteiger partial charge in [-0.1, -0.05) is 50.6 Å². The molecule has 2 fully saturated rings. The summed E-state index contributed by atoms with van der Waals surface area (Å²) in [5.41, 5.74) is 2.00. The van der Waals surface area contributed by atoms with Crippen LogP contribution in [0.1, 0.15) is 69.6 Å². The monoisotopic (exact) mass is 338 g/mol. The fraction of sp³-hybridized carbons (Fsp3) is 0.524. The Morgan fingerprint density at radius 2 is 1.92 bits per heavy atom. The third-order valence-corrected chi connectivity index (χ3v) is 5.52. The molecule has 1 atom stereocenters. The standard InChI is InChI=1S/C21H26N2O2/c1-14(2)19-18(15-8-4-3-5-9-15)22-20(25-19)17-12-7-13-23(17)21(24)16-10-6-11-16/h3-5,8-9,14,16-17H,6-7,10-13H2,1-2H3/t17-/m0/s1. The van der Waals surface area contributed by atoms with E-state index >= 15 is 0 Å². The second-order valence-electron chi connectivity index (χ2n) is 7.60. The van der Waals surface area contributed by atoms with E-state index in [0.29, 0.717) is 11.8 Å². The lowest BCUT2D eigenvalue weighted by Crippen LogP contribution is -2.38. The molecule has 1 saturated heterocycles. The van der Waals surface area contributed by atoms with Gasteiger partial charge in [0.15, 0.2) is 0 Å². The lowest BCUT2D eigenvalue weighted by atomic mass is 9.84. The maximum atomic E-state index is 12.8. The van der Waals surface area contributed by atoms with E-state index in [2.05, 4.69) is 26.0 Å². The SMILES string of the molecule is CC(C)c1oc([C@@H]2CCCN2C(=O)C2CCC2)nc1-c1ccccc1. The molecule has 1 saturated carbocycles. The van der Waals surface area contributed by atoms with E-state index in [1.165, 1.54) is 6.42 Å². The minimum Gasteiger partial charge on any atom is -0.442 e. The third kappa shape index (κ3) is 2.99. The van der Waals surface area contributed by atoms with Crippen molar-refractivity contribution in [3.8, 4) is 11.3 Å². The fourth-order valence-electron chi connectivity index (χ4n) is 3.86. The van der Waals surface area contributed by atoms with Crippen LogP contribution in [0.5, 0.6) is 0 Å². The number of likely N-dealkylation sites (tertiary alicyclic amines) is 1. The average Bonchev–Trinajstić information content (AvgIpc) is 3.20. The molecule has 1 aromatic carbocycles. The number of nitrogens with zero attached hydrogens (tertiary/aromatic N) is 2. The topological polar surface area (TPSA) is 46.3 Å². The van der Waals surface area contributed by atoms with Crippen molar-refractivity contribution in [2.45, 2.75) is 57.9 Å². The molecule has 0 N–H and O–H groups in total. The summed E-state index contributed by atoms with van der Waals surface area (Å²) >= 11 is 0. The molecule has 1 aliphatic carbocycles. The summed E-state index contributed by atoms with van der Waals surface area (Å²) in [5, 5.41) is 0. The highest BCUT2D eigenvalue weighted by Crippen LogP contribution is 2.39. The van der Waals surface area contributed by atoms with Crippen molar-refractivity contribution in [3.05, 3.63) is 42.0 Å². The average molecular weight is 338 g/mol. The molecule has 0 radical (unpaired) electrons. The minimum absolute atomic E-state index is 0.00284. The van der Waals surface area contributed by atoms with Gasteiger partial charge < -0.3 is 9.32 Å². The van der Waals surface area contributed by atoms with Crippen LogP contribution in [0, 0.1) is 5.92 Å². The maximum Gasteiger partial charge on any atom is 0.226 e. The molecular weight excluding hydrogens is 312 g/mol. The summed E-state index contributed by atoms with van der Waals surface area (Å²) in [7, 11) is 0. The summed E-state index contributed by atoms with van der Waals surface area (Å²) < 4.78 is 6.22. The van der Waals surface area contributed by atoms with E-state index in [4.69, 9.17) is 9.40 Å². The highest BCUT2D eigenvalue weighted by Gasteiger charge is 2.38. The zero-order chi connectivity index (χ0) is 17.4. The van der Waals surface area contributed by atoms with E-state index in [0.717, 1.165) is 49.2 Å². The second-order valence-corrected chi connectivity index (χ2v) is 7.60. The zero-order valence-corrected chi connectivity index (χ0v) is 15.1. The van der Waals surface area contributed by atoms with Crippen molar-refractivity contribution < 1.29 is 9.21 Å². The molecule has 25 heavy (non-hydrogen) atoms. The van der Waals surface area contributed by atoms with E-state index in [1.807, 2.05) is 23.1 Å².